The molecule has 0 heterocycles. The molecule has 0 N–H and O–H groups in total. The third-order valence-electron chi connectivity index (χ3n) is 8.05. The molecule has 0 rings (SSSR count). The number of unbranched alkanes of at least 4 members (excludes halogenated alkanes) is 24. The predicted octanol–water partition coefficient (Wildman–Crippen LogP) is 13.1. The highest BCUT2D eigenvalue weighted by atomic mass is 31.2. The van der Waals surface area contributed by atoms with Gasteiger partial charge in [-0.2, -0.15) is 0 Å². The summed E-state index contributed by atoms with van der Waals surface area (Å²) in [4.78, 5) is 0. The summed E-state index contributed by atoms with van der Waals surface area (Å²) in [7, 11) is -1.99. The molecule has 0 aliphatic carbocycles. The molecule has 0 aromatic rings. The first-order valence-electron chi connectivity index (χ1n) is 17.6. The Hall–Kier alpha value is 0.110. The maximum absolute atomic E-state index is 12.8. The van der Waals surface area contributed by atoms with Crippen LogP contribution in [0, 0.1) is 0 Å². The van der Waals surface area contributed by atoms with Crippen molar-refractivity contribution in [2.45, 2.75) is 207 Å². The molecule has 236 valence electrons. The fourth-order valence-electron chi connectivity index (χ4n) is 5.50. The van der Waals surface area contributed by atoms with Crippen LogP contribution in [0.15, 0.2) is 0 Å². The van der Waals surface area contributed by atoms with Gasteiger partial charge in [0, 0.05) is 7.11 Å². The van der Waals surface area contributed by atoms with Crippen molar-refractivity contribution in [1.29, 1.82) is 0 Å². The van der Waals surface area contributed by atoms with Gasteiger partial charge in [0.1, 0.15) is 0 Å². The Labute approximate surface area is 246 Å². The molecule has 0 saturated carbocycles. The monoisotopic (exact) mass is 575 g/mol. The Morgan fingerprint density at radius 3 is 1.00 bits per heavy atom. The summed E-state index contributed by atoms with van der Waals surface area (Å²) in [5, 5.41) is 0. The quantitative estimate of drug-likeness (QED) is 0.0577. The Kier molecular flexibility index (Phi) is 31.1. The summed E-state index contributed by atoms with van der Waals surface area (Å²) in [5.41, 5.74) is 0. The molecule has 0 spiro atoms. The first-order chi connectivity index (χ1) is 19.1. The van der Waals surface area contributed by atoms with Gasteiger partial charge in [-0.15, -0.1) is 0 Å². The van der Waals surface area contributed by atoms with Crippen molar-refractivity contribution >= 4 is 7.82 Å². The van der Waals surface area contributed by atoms with Gasteiger partial charge in [0.25, 0.3) is 0 Å². The second-order valence-electron chi connectivity index (χ2n) is 11.8. The SMILES string of the molecule is CCCCCCCCCCCCCCCC(CCCCCCCCCCCCCCC)OP(=O)(OC)OCC. The van der Waals surface area contributed by atoms with Crippen molar-refractivity contribution in [3.05, 3.63) is 0 Å². The zero-order valence-electron chi connectivity index (χ0n) is 27.2. The lowest BCUT2D eigenvalue weighted by Crippen LogP contribution is -2.13. The molecule has 0 bridgehead atoms. The minimum absolute atomic E-state index is 0.0252. The molecule has 0 amide bonds. The molecule has 0 aromatic carbocycles. The number of phosphoric ester groups is 1. The fourth-order valence-corrected chi connectivity index (χ4v) is 6.64. The zero-order chi connectivity index (χ0) is 28.7. The summed E-state index contributed by atoms with van der Waals surface area (Å²) >= 11 is 0. The van der Waals surface area contributed by atoms with Crippen LogP contribution >= 0.6 is 7.82 Å². The predicted molar refractivity (Wildman–Crippen MR) is 172 cm³/mol. The first-order valence-corrected chi connectivity index (χ1v) is 19.1. The van der Waals surface area contributed by atoms with Crippen molar-refractivity contribution in [3.8, 4) is 0 Å². The summed E-state index contributed by atoms with van der Waals surface area (Å²) in [5.74, 6) is 0. The van der Waals surface area contributed by atoms with Crippen molar-refractivity contribution in [2.24, 2.45) is 0 Å². The van der Waals surface area contributed by atoms with E-state index in [0.717, 1.165) is 25.7 Å². The molecule has 0 aliphatic heterocycles. The van der Waals surface area contributed by atoms with E-state index in [-0.39, 0.29) is 6.10 Å². The van der Waals surface area contributed by atoms with Gasteiger partial charge < -0.3 is 0 Å². The molecular formula is C34H71O4P. The lowest BCUT2D eigenvalue weighted by molar-refractivity contribution is 0.0822. The molecule has 39 heavy (non-hydrogen) atoms. The smallest absolute Gasteiger partial charge is 0.290 e. The number of hydrogen-bond acceptors (Lipinski definition) is 4. The molecular weight excluding hydrogens is 503 g/mol. The van der Waals surface area contributed by atoms with E-state index in [1.807, 2.05) is 6.92 Å². The van der Waals surface area contributed by atoms with Crippen molar-refractivity contribution in [2.75, 3.05) is 13.7 Å². The average molecular weight is 575 g/mol. The maximum atomic E-state index is 12.8. The van der Waals surface area contributed by atoms with E-state index >= 15 is 0 Å². The van der Waals surface area contributed by atoms with E-state index in [1.54, 1.807) is 0 Å². The van der Waals surface area contributed by atoms with Crippen LogP contribution in [-0.4, -0.2) is 19.8 Å². The van der Waals surface area contributed by atoms with E-state index in [0.29, 0.717) is 6.61 Å². The van der Waals surface area contributed by atoms with Gasteiger partial charge in [-0.05, 0) is 19.8 Å². The molecule has 0 aliphatic rings. The van der Waals surface area contributed by atoms with Gasteiger partial charge in [-0.1, -0.05) is 181 Å². The highest BCUT2D eigenvalue weighted by Crippen LogP contribution is 2.50. The van der Waals surface area contributed by atoms with Gasteiger partial charge in [0.2, 0.25) is 0 Å². The Morgan fingerprint density at radius 1 is 0.462 bits per heavy atom. The summed E-state index contributed by atoms with van der Waals surface area (Å²) in [6.07, 6.45) is 37.1. The molecule has 0 aromatic heterocycles. The van der Waals surface area contributed by atoms with Crippen LogP contribution in [0.5, 0.6) is 0 Å². The van der Waals surface area contributed by atoms with Gasteiger partial charge >= 0.3 is 7.82 Å². The number of rotatable bonds is 33. The Morgan fingerprint density at radius 2 is 0.744 bits per heavy atom. The zero-order valence-corrected chi connectivity index (χ0v) is 28.1. The second kappa shape index (κ2) is 31.1. The van der Waals surface area contributed by atoms with Crippen molar-refractivity contribution in [1.82, 2.24) is 0 Å². The largest absolute Gasteiger partial charge is 0.474 e. The van der Waals surface area contributed by atoms with Gasteiger partial charge in [0.15, 0.2) is 0 Å². The molecule has 0 saturated heterocycles. The fraction of sp³-hybridized carbons (Fsp3) is 1.00. The van der Waals surface area contributed by atoms with E-state index in [2.05, 4.69) is 13.8 Å². The van der Waals surface area contributed by atoms with Crippen molar-refractivity contribution in [3.63, 3.8) is 0 Å². The van der Waals surface area contributed by atoms with Gasteiger partial charge in [0.05, 0.1) is 12.7 Å². The van der Waals surface area contributed by atoms with E-state index in [4.69, 9.17) is 13.6 Å². The molecule has 1 atom stereocenters. The highest BCUT2D eigenvalue weighted by Gasteiger charge is 2.28. The number of hydrogen-bond donors (Lipinski definition) is 0. The number of phosphoric acid groups is 1. The average Bonchev–Trinajstić information content (AvgIpc) is 2.93. The van der Waals surface area contributed by atoms with E-state index in [9.17, 15) is 4.57 Å². The van der Waals surface area contributed by atoms with Crippen LogP contribution in [0.2, 0.25) is 0 Å². The summed E-state index contributed by atoms with van der Waals surface area (Å²) < 4.78 is 29.3. The third-order valence-corrected chi connectivity index (χ3v) is 9.63. The van der Waals surface area contributed by atoms with E-state index < -0.39 is 7.82 Å². The summed E-state index contributed by atoms with van der Waals surface area (Å²) in [6.45, 7) is 6.75. The lowest BCUT2D eigenvalue weighted by atomic mass is 10.0. The van der Waals surface area contributed by atoms with Gasteiger partial charge in [-0.25, -0.2) is 4.57 Å². The van der Waals surface area contributed by atoms with Crippen LogP contribution in [-0.2, 0) is 18.1 Å². The maximum Gasteiger partial charge on any atom is 0.474 e. The molecule has 0 fully saturated rings. The van der Waals surface area contributed by atoms with Crippen molar-refractivity contribution < 1.29 is 18.1 Å². The minimum atomic E-state index is -3.43. The molecule has 4 nitrogen and oxygen atoms in total. The Bertz CT molecular complexity index is 483. The van der Waals surface area contributed by atoms with Crippen LogP contribution in [0.3, 0.4) is 0 Å². The standard InChI is InChI=1S/C34H71O4P/c1-5-8-10-12-14-16-18-20-22-24-26-28-30-32-34(38-39(35,36-4)37-7-3)33-31-29-27-25-23-21-19-17-15-13-11-9-6-2/h34H,5-33H2,1-4H3. The highest BCUT2D eigenvalue weighted by molar-refractivity contribution is 7.48. The lowest BCUT2D eigenvalue weighted by Gasteiger charge is -2.23. The second-order valence-corrected chi connectivity index (χ2v) is 13.6. The minimum Gasteiger partial charge on any atom is -0.290 e. The topological polar surface area (TPSA) is 44.8 Å². The van der Waals surface area contributed by atoms with E-state index in [1.165, 1.54) is 161 Å². The Balaban J connectivity index is 3.95. The third kappa shape index (κ3) is 28.0. The van der Waals surface area contributed by atoms with Crippen LogP contribution < -0.4 is 0 Å². The molecule has 1 unspecified atom stereocenters. The summed E-state index contributed by atoms with van der Waals surface area (Å²) in [6, 6.07) is 0. The molecule has 5 heteroatoms. The normalized spacial score (nSPS) is 13.4. The molecule has 0 radical (unpaired) electrons. The van der Waals surface area contributed by atoms with Crippen LogP contribution in [0.1, 0.15) is 201 Å². The van der Waals surface area contributed by atoms with Crippen LogP contribution in [0.25, 0.3) is 0 Å². The first kappa shape index (κ1) is 39.1. The van der Waals surface area contributed by atoms with Crippen LogP contribution in [0.4, 0.5) is 0 Å². The van der Waals surface area contributed by atoms with Gasteiger partial charge in [-0.3, -0.25) is 13.6 Å².